The molecule has 0 amide bonds. The zero-order valence-electron chi connectivity index (χ0n) is 50.8. The van der Waals surface area contributed by atoms with Crippen molar-refractivity contribution >= 4 is 17.9 Å². The Balaban J connectivity index is 4.25. The zero-order valence-corrected chi connectivity index (χ0v) is 50.8. The Bertz CT molecular complexity index is 1360. The predicted molar refractivity (Wildman–Crippen MR) is 330 cm³/mol. The number of allylic oxidation sites excluding steroid dienone is 10. The molecule has 442 valence electrons. The molecule has 0 spiro atoms. The van der Waals surface area contributed by atoms with Gasteiger partial charge in [0.15, 0.2) is 6.10 Å². The first-order valence-corrected chi connectivity index (χ1v) is 33.3. The van der Waals surface area contributed by atoms with Crippen LogP contribution < -0.4 is 0 Å². The number of esters is 3. The number of carbonyl (C=O) groups excluding carboxylic acids is 3. The molecule has 0 aliphatic carbocycles. The van der Waals surface area contributed by atoms with Crippen LogP contribution in [0.2, 0.25) is 0 Å². The SMILES string of the molecule is CC/C=C\C/C=C\C/C=C\CCCCCC(=O)OCC(COC(=O)CCCCCCCCCCCCCCCCCCCCCCCCCCCC)OC(=O)CCCCCCCCCCC/C=C\C/C=C\CCCCC. The van der Waals surface area contributed by atoms with Crippen LogP contribution in [0.1, 0.15) is 348 Å². The molecule has 0 aromatic carbocycles. The maximum atomic E-state index is 12.9. The molecule has 0 N–H and O–H groups in total. The third-order valence-corrected chi connectivity index (χ3v) is 14.8. The molecule has 1 unspecified atom stereocenters. The quantitative estimate of drug-likeness (QED) is 0.0261. The summed E-state index contributed by atoms with van der Waals surface area (Å²) < 4.78 is 16.9. The van der Waals surface area contributed by atoms with Gasteiger partial charge in [0, 0.05) is 19.3 Å². The van der Waals surface area contributed by atoms with E-state index in [4.69, 9.17) is 14.2 Å². The molecule has 0 aromatic heterocycles. The topological polar surface area (TPSA) is 78.9 Å². The van der Waals surface area contributed by atoms with Crippen molar-refractivity contribution in [2.75, 3.05) is 13.2 Å². The maximum Gasteiger partial charge on any atom is 0.306 e. The minimum atomic E-state index is -0.788. The molecule has 76 heavy (non-hydrogen) atoms. The van der Waals surface area contributed by atoms with Gasteiger partial charge in [0.25, 0.3) is 0 Å². The summed E-state index contributed by atoms with van der Waals surface area (Å²) in [5, 5.41) is 0. The highest BCUT2D eigenvalue weighted by Crippen LogP contribution is 2.18. The van der Waals surface area contributed by atoms with E-state index in [9.17, 15) is 14.4 Å². The Morgan fingerprint density at radius 3 is 0.842 bits per heavy atom. The summed E-state index contributed by atoms with van der Waals surface area (Å²) in [7, 11) is 0. The van der Waals surface area contributed by atoms with Gasteiger partial charge < -0.3 is 14.2 Å². The lowest BCUT2D eigenvalue weighted by Crippen LogP contribution is -2.30. The Hall–Kier alpha value is -2.89. The first-order valence-electron chi connectivity index (χ1n) is 33.3. The van der Waals surface area contributed by atoms with Crippen molar-refractivity contribution in [3.05, 3.63) is 60.8 Å². The van der Waals surface area contributed by atoms with E-state index in [0.717, 1.165) is 89.9 Å². The van der Waals surface area contributed by atoms with Crippen molar-refractivity contribution < 1.29 is 28.6 Å². The summed E-state index contributed by atoms with van der Waals surface area (Å²) in [5.41, 5.74) is 0. The van der Waals surface area contributed by atoms with E-state index < -0.39 is 6.10 Å². The fourth-order valence-electron chi connectivity index (χ4n) is 9.79. The summed E-state index contributed by atoms with van der Waals surface area (Å²) >= 11 is 0. The second-order valence-corrected chi connectivity index (χ2v) is 22.4. The molecule has 0 saturated carbocycles. The van der Waals surface area contributed by atoms with E-state index in [2.05, 4.69) is 81.5 Å². The minimum absolute atomic E-state index is 0.0822. The average Bonchev–Trinajstić information content (AvgIpc) is 3.42. The van der Waals surface area contributed by atoms with E-state index in [0.29, 0.717) is 19.3 Å². The molecule has 6 heteroatoms. The summed E-state index contributed by atoms with van der Waals surface area (Å²) in [4.78, 5) is 38.3. The van der Waals surface area contributed by atoms with E-state index in [1.54, 1.807) is 0 Å². The van der Waals surface area contributed by atoms with Crippen molar-refractivity contribution in [3.8, 4) is 0 Å². The van der Waals surface area contributed by atoms with Crippen molar-refractivity contribution in [2.24, 2.45) is 0 Å². The third kappa shape index (κ3) is 62.0. The van der Waals surface area contributed by atoms with Crippen LogP contribution in [0, 0.1) is 0 Å². The maximum absolute atomic E-state index is 12.9. The van der Waals surface area contributed by atoms with Gasteiger partial charge in [-0.25, -0.2) is 0 Å². The van der Waals surface area contributed by atoms with Crippen LogP contribution in [0.5, 0.6) is 0 Å². The summed E-state index contributed by atoms with van der Waals surface area (Å²) in [6.07, 6.45) is 82.5. The fraction of sp³-hybridized carbons (Fsp3) is 0.814. The second-order valence-electron chi connectivity index (χ2n) is 22.4. The Kier molecular flexibility index (Phi) is 62.2. The largest absolute Gasteiger partial charge is 0.462 e. The van der Waals surface area contributed by atoms with Crippen molar-refractivity contribution in [1.29, 1.82) is 0 Å². The highest BCUT2D eigenvalue weighted by atomic mass is 16.6. The lowest BCUT2D eigenvalue weighted by atomic mass is 10.0. The van der Waals surface area contributed by atoms with Gasteiger partial charge in [0.05, 0.1) is 0 Å². The number of carbonyl (C=O) groups is 3. The monoisotopic (exact) mass is 1060 g/mol. The second kappa shape index (κ2) is 64.6. The van der Waals surface area contributed by atoms with Gasteiger partial charge in [-0.05, 0) is 83.5 Å². The molecule has 6 nitrogen and oxygen atoms in total. The smallest absolute Gasteiger partial charge is 0.306 e. The van der Waals surface area contributed by atoms with Gasteiger partial charge in [-0.3, -0.25) is 14.4 Å². The number of rotatable bonds is 61. The number of ether oxygens (including phenoxy) is 3. The van der Waals surface area contributed by atoms with Gasteiger partial charge in [-0.2, -0.15) is 0 Å². The van der Waals surface area contributed by atoms with E-state index in [1.807, 2.05) is 0 Å². The molecular formula is C70H126O6. The van der Waals surface area contributed by atoms with Crippen LogP contribution in [0.15, 0.2) is 60.8 Å². The summed E-state index contributed by atoms with van der Waals surface area (Å²) in [6.45, 7) is 6.53. The Morgan fingerprint density at radius 2 is 0.513 bits per heavy atom. The molecule has 0 bridgehead atoms. The van der Waals surface area contributed by atoms with Gasteiger partial charge in [0.1, 0.15) is 13.2 Å². The molecule has 0 rings (SSSR count). The molecule has 0 aromatic rings. The third-order valence-electron chi connectivity index (χ3n) is 14.8. The number of unbranched alkanes of at least 4 members (excludes halogenated alkanes) is 40. The van der Waals surface area contributed by atoms with Crippen LogP contribution in [0.25, 0.3) is 0 Å². The van der Waals surface area contributed by atoms with Crippen LogP contribution in [-0.2, 0) is 28.6 Å². The summed E-state index contributed by atoms with van der Waals surface area (Å²) in [6, 6.07) is 0. The van der Waals surface area contributed by atoms with Crippen LogP contribution in [0.3, 0.4) is 0 Å². The van der Waals surface area contributed by atoms with E-state index in [-0.39, 0.29) is 31.1 Å². The number of hydrogen-bond donors (Lipinski definition) is 0. The minimum Gasteiger partial charge on any atom is -0.462 e. The molecule has 0 fully saturated rings. The molecule has 0 saturated heterocycles. The van der Waals surface area contributed by atoms with Gasteiger partial charge in [-0.1, -0.05) is 306 Å². The van der Waals surface area contributed by atoms with E-state index in [1.165, 1.54) is 218 Å². The molecule has 0 heterocycles. The highest BCUT2D eigenvalue weighted by molar-refractivity contribution is 5.71. The average molecular weight is 1060 g/mol. The molecule has 1 atom stereocenters. The van der Waals surface area contributed by atoms with Crippen LogP contribution in [0.4, 0.5) is 0 Å². The Labute approximate surface area is 472 Å². The molecular weight excluding hydrogens is 937 g/mol. The first-order chi connectivity index (χ1) is 37.5. The zero-order chi connectivity index (χ0) is 55.0. The number of hydrogen-bond acceptors (Lipinski definition) is 6. The molecule has 0 radical (unpaired) electrons. The van der Waals surface area contributed by atoms with Crippen LogP contribution in [-0.4, -0.2) is 37.2 Å². The fourth-order valence-corrected chi connectivity index (χ4v) is 9.79. The van der Waals surface area contributed by atoms with Crippen molar-refractivity contribution in [3.63, 3.8) is 0 Å². The standard InChI is InChI=1S/C70H126O6/c1-4-7-10-13-16-19-22-25-27-29-31-32-33-34-35-36-37-39-40-42-45-48-51-54-57-60-63-69(72)75-66-67(65-74-68(71)62-59-56-53-50-47-44-24-21-18-15-12-9-6-3)76-70(73)64-61-58-55-52-49-46-43-41-38-30-28-26-23-20-17-14-11-8-5-2/h9,12,17-18,20-21,26,28,44,47,67H,4-8,10-11,13-16,19,22-25,27,29-43,45-46,48-66H2,1-3H3/b12-9-,20-17-,21-18-,28-26-,47-44-. The lowest BCUT2D eigenvalue weighted by molar-refractivity contribution is -0.167. The summed E-state index contributed by atoms with van der Waals surface area (Å²) in [5.74, 6) is -0.898. The lowest BCUT2D eigenvalue weighted by Gasteiger charge is -2.18. The molecule has 0 aliphatic rings. The van der Waals surface area contributed by atoms with Crippen molar-refractivity contribution in [1.82, 2.24) is 0 Å². The van der Waals surface area contributed by atoms with Gasteiger partial charge >= 0.3 is 17.9 Å². The first kappa shape index (κ1) is 73.1. The highest BCUT2D eigenvalue weighted by Gasteiger charge is 2.19. The predicted octanol–water partition coefficient (Wildman–Crippen LogP) is 22.7. The van der Waals surface area contributed by atoms with E-state index >= 15 is 0 Å². The van der Waals surface area contributed by atoms with Gasteiger partial charge in [-0.15, -0.1) is 0 Å². The van der Waals surface area contributed by atoms with Crippen LogP contribution >= 0.6 is 0 Å². The normalized spacial score (nSPS) is 12.4. The van der Waals surface area contributed by atoms with Crippen molar-refractivity contribution in [2.45, 2.75) is 354 Å². The molecule has 0 aliphatic heterocycles. The van der Waals surface area contributed by atoms with Gasteiger partial charge in [0.2, 0.25) is 0 Å². The Morgan fingerprint density at radius 1 is 0.276 bits per heavy atom.